The van der Waals surface area contributed by atoms with Crippen molar-refractivity contribution in [2.24, 2.45) is 5.92 Å². The molecule has 28 heavy (non-hydrogen) atoms. The third-order valence-corrected chi connectivity index (χ3v) is 4.74. The van der Waals surface area contributed by atoms with E-state index < -0.39 is 29.6 Å². The van der Waals surface area contributed by atoms with Gasteiger partial charge >= 0.3 is 5.97 Å². The summed E-state index contributed by atoms with van der Waals surface area (Å²) in [6.45, 7) is 1.74. The second-order valence-electron chi connectivity index (χ2n) is 7.01. The molecule has 6 nitrogen and oxygen atoms in total. The molecule has 146 valence electrons. The molecule has 2 aromatic rings. The molecule has 3 N–H and O–H groups in total. The number of nitrogens with one attached hydrogen (secondary N) is 2. The Balaban J connectivity index is 1.75. The Bertz CT molecular complexity index is 924. The molecule has 2 amide bonds. The van der Waals surface area contributed by atoms with Crippen LogP contribution in [0.3, 0.4) is 0 Å². The van der Waals surface area contributed by atoms with Gasteiger partial charge in [-0.25, -0.2) is 9.18 Å². The minimum Gasteiger partial charge on any atom is -0.480 e. The number of hydrogen-bond acceptors (Lipinski definition) is 3. The van der Waals surface area contributed by atoms with Crippen molar-refractivity contribution in [3.8, 4) is 0 Å². The number of halogens is 1. The van der Waals surface area contributed by atoms with Gasteiger partial charge in [0.2, 0.25) is 0 Å². The lowest BCUT2D eigenvalue weighted by Crippen LogP contribution is -2.41. The zero-order valence-corrected chi connectivity index (χ0v) is 15.4. The molecule has 0 aliphatic heterocycles. The number of hydrogen-bond donors (Lipinski definition) is 3. The zero-order chi connectivity index (χ0) is 20.3. The van der Waals surface area contributed by atoms with Crippen molar-refractivity contribution >= 4 is 23.5 Å². The van der Waals surface area contributed by atoms with E-state index in [1.54, 1.807) is 25.1 Å². The number of carboxylic acids is 1. The van der Waals surface area contributed by atoms with Gasteiger partial charge < -0.3 is 15.7 Å². The highest BCUT2D eigenvalue weighted by molar-refractivity contribution is 6.06. The smallest absolute Gasteiger partial charge is 0.326 e. The number of benzene rings is 2. The zero-order valence-electron chi connectivity index (χ0n) is 15.4. The molecule has 0 radical (unpaired) electrons. The highest BCUT2D eigenvalue weighted by atomic mass is 19.1. The van der Waals surface area contributed by atoms with E-state index in [-0.39, 0.29) is 11.1 Å². The molecule has 1 aliphatic carbocycles. The minimum atomic E-state index is -1.07. The highest BCUT2D eigenvalue weighted by Gasteiger charge is 2.30. The van der Waals surface area contributed by atoms with E-state index in [0.717, 1.165) is 12.8 Å². The lowest BCUT2D eigenvalue weighted by molar-refractivity contribution is -0.139. The predicted octanol–water partition coefficient (Wildman–Crippen LogP) is 3.37. The van der Waals surface area contributed by atoms with Crippen molar-refractivity contribution in [1.82, 2.24) is 5.32 Å². The van der Waals surface area contributed by atoms with E-state index in [1.807, 2.05) is 0 Å². The van der Waals surface area contributed by atoms with Gasteiger partial charge in [0, 0.05) is 11.3 Å². The van der Waals surface area contributed by atoms with Crippen LogP contribution in [0, 0.1) is 18.7 Å². The molecule has 0 saturated heterocycles. The molecule has 1 unspecified atom stereocenters. The SMILES string of the molecule is Cc1ccc(C(=O)NC(CC2CC2)C(=O)O)cc1NC(=O)c1ccccc1F. The third kappa shape index (κ3) is 4.73. The van der Waals surface area contributed by atoms with Gasteiger partial charge in [0.15, 0.2) is 0 Å². The van der Waals surface area contributed by atoms with E-state index in [1.165, 1.54) is 24.3 Å². The van der Waals surface area contributed by atoms with Crippen LogP contribution in [0.25, 0.3) is 0 Å². The first-order valence-electron chi connectivity index (χ1n) is 9.05. The van der Waals surface area contributed by atoms with E-state index >= 15 is 0 Å². The molecule has 0 bridgehead atoms. The molecule has 2 aromatic carbocycles. The molecule has 1 atom stereocenters. The Morgan fingerprint density at radius 2 is 1.86 bits per heavy atom. The Kier molecular flexibility index (Phi) is 5.73. The van der Waals surface area contributed by atoms with Crippen molar-refractivity contribution < 1.29 is 23.9 Å². The van der Waals surface area contributed by atoms with Gasteiger partial charge in [0.25, 0.3) is 11.8 Å². The molecule has 0 heterocycles. The molecule has 1 saturated carbocycles. The molecule has 1 aliphatic rings. The van der Waals surface area contributed by atoms with Crippen molar-refractivity contribution in [2.75, 3.05) is 5.32 Å². The quantitative estimate of drug-likeness (QED) is 0.682. The van der Waals surface area contributed by atoms with Crippen LogP contribution in [0.2, 0.25) is 0 Å². The second kappa shape index (κ2) is 8.21. The normalized spacial score (nSPS) is 14.2. The average Bonchev–Trinajstić information content (AvgIpc) is 3.47. The molecule has 0 aromatic heterocycles. The summed E-state index contributed by atoms with van der Waals surface area (Å²) < 4.78 is 13.8. The van der Waals surface area contributed by atoms with E-state index in [4.69, 9.17) is 0 Å². The van der Waals surface area contributed by atoms with Gasteiger partial charge in [0.1, 0.15) is 11.9 Å². The standard InChI is InChI=1S/C21H21FN2O4/c1-12-6-9-14(19(25)24-18(21(27)28)10-13-7-8-13)11-17(12)23-20(26)15-4-2-3-5-16(15)22/h2-6,9,11,13,18H,7-8,10H2,1H3,(H,23,26)(H,24,25)(H,27,28). The summed E-state index contributed by atoms with van der Waals surface area (Å²) in [4.78, 5) is 36.2. The fourth-order valence-electron chi connectivity index (χ4n) is 2.88. The second-order valence-corrected chi connectivity index (χ2v) is 7.01. The summed E-state index contributed by atoms with van der Waals surface area (Å²) in [6.07, 6.45) is 2.37. The fourth-order valence-corrected chi connectivity index (χ4v) is 2.88. The van der Waals surface area contributed by atoms with Crippen LogP contribution >= 0.6 is 0 Å². The van der Waals surface area contributed by atoms with Crippen LogP contribution in [0.4, 0.5) is 10.1 Å². The summed E-state index contributed by atoms with van der Waals surface area (Å²) in [7, 11) is 0. The van der Waals surface area contributed by atoms with Gasteiger partial charge in [-0.2, -0.15) is 0 Å². The Hall–Kier alpha value is -3.22. The number of carbonyl (C=O) groups is 3. The molecule has 0 spiro atoms. The molecular weight excluding hydrogens is 363 g/mol. The number of carbonyl (C=O) groups excluding carboxylic acids is 2. The number of carboxylic acid groups (broad SMARTS) is 1. The number of rotatable bonds is 7. The maximum Gasteiger partial charge on any atom is 0.326 e. The monoisotopic (exact) mass is 384 g/mol. The van der Waals surface area contributed by atoms with E-state index in [9.17, 15) is 23.9 Å². The van der Waals surface area contributed by atoms with Gasteiger partial charge in [-0.1, -0.05) is 31.0 Å². The van der Waals surface area contributed by atoms with Crippen LogP contribution in [0.5, 0.6) is 0 Å². The van der Waals surface area contributed by atoms with Gasteiger partial charge in [-0.3, -0.25) is 9.59 Å². The predicted molar refractivity (Wildman–Crippen MR) is 102 cm³/mol. The van der Waals surface area contributed by atoms with Crippen LogP contribution in [-0.4, -0.2) is 28.9 Å². The number of aliphatic carboxylic acids is 1. The first-order valence-corrected chi connectivity index (χ1v) is 9.05. The molecule has 7 heteroatoms. The average molecular weight is 384 g/mol. The fraction of sp³-hybridized carbons (Fsp3) is 0.286. The topological polar surface area (TPSA) is 95.5 Å². The number of anilines is 1. The summed E-state index contributed by atoms with van der Waals surface area (Å²) in [5.74, 6) is -2.53. The van der Waals surface area contributed by atoms with Gasteiger partial charge in [0.05, 0.1) is 5.56 Å². The van der Waals surface area contributed by atoms with Gasteiger partial charge in [-0.05, 0) is 49.1 Å². The van der Waals surface area contributed by atoms with Crippen molar-refractivity contribution in [2.45, 2.75) is 32.2 Å². The maximum absolute atomic E-state index is 13.8. The largest absolute Gasteiger partial charge is 0.480 e. The van der Waals surface area contributed by atoms with Crippen LogP contribution < -0.4 is 10.6 Å². The highest BCUT2D eigenvalue weighted by Crippen LogP contribution is 2.33. The number of aryl methyl sites for hydroxylation is 1. The maximum atomic E-state index is 13.8. The Labute approximate surface area is 161 Å². The minimum absolute atomic E-state index is 0.105. The van der Waals surface area contributed by atoms with Crippen molar-refractivity contribution in [1.29, 1.82) is 0 Å². The lowest BCUT2D eigenvalue weighted by atomic mass is 10.1. The van der Waals surface area contributed by atoms with E-state index in [0.29, 0.717) is 23.6 Å². The van der Waals surface area contributed by atoms with Crippen molar-refractivity contribution in [3.05, 3.63) is 65.0 Å². The third-order valence-electron chi connectivity index (χ3n) is 4.74. The summed E-state index contributed by atoms with van der Waals surface area (Å²) >= 11 is 0. The Morgan fingerprint density at radius 1 is 1.14 bits per heavy atom. The number of amides is 2. The van der Waals surface area contributed by atoms with Gasteiger partial charge in [-0.15, -0.1) is 0 Å². The Morgan fingerprint density at radius 3 is 2.50 bits per heavy atom. The van der Waals surface area contributed by atoms with Crippen LogP contribution in [-0.2, 0) is 4.79 Å². The molecule has 3 rings (SSSR count). The summed E-state index contributed by atoms with van der Waals surface area (Å²) in [6, 6.07) is 9.31. The summed E-state index contributed by atoms with van der Waals surface area (Å²) in [5.41, 5.74) is 1.16. The van der Waals surface area contributed by atoms with Crippen molar-refractivity contribution in [3.63, 3.8) is 0 Å². The lowest BCUT2D eigenvalue weighted by Gasteiger charge is -2.15. The molecule has 1 fully saturated rings. The van der Waals surface area contributed by atoms with E-state index in [2.05, 4.69) is 10.6 Å². The first kappa shape index (κ1) is 19.5. The van der Waals surface area contributed by atoms with Crippen LogP contribution in [0.15, 0.2) is 42.5 Å². The van der Waals surface area contributed by atoms with Crippen LogP contribution in [0.1, 0.15) is 45.5 Å². The first-order chi connectivity index (χ1) is 13.3. The summed E-state index contributed by atoms with van der Waals surface area (Å²) in [5, 5.41) is 14.4. The molecular formula is C21H21FN2O4.